The highest BCUT2D eigenvalue weighted by molar-refractivity contribution is 4.80. The molecule has 14 heavy (non-hydrogen) atoms. The number of nitrogens with two attached hydrogens (primary N) is 1. The van der Waals surface area contributed by atoms with Crippen LogP contribution in [0.3, 0.4) is 0 Å². The Labute approximate surface area is 82.4 Å². The molecule has 86 valence electrons. The summed E-state index contributed by atoms with van der Waals surface area (Å²) in [5.41, 5.74) is 1.96. The minimum Gasteiger partial charge on any atom is -0.394 e. The third kappa shape index (κ3) is 3.84. The lowest BCUT2D eigenvalue weighted by atomic mass is 10.0. The first-order valence-corrected chi connectivity index (χ1v) is 4.19. The maximum absolute atomic E-state index is 9.49. The molecule has 0 unspecified atom stereocenters. The fraction of sp³-hybridized carbons (Fsp3) is 1.00. The molecule has 6 N–H and O–H groups in total. The molecule has 4 atom stereocenters. The van der Waals surface area contributed by atoms with Crippen LogP contribution in [0.25, 0.3) is 0 Å². The third-order valence-electron chi connectivity index (χ3n) is 1.91. The van der Waals surface area contributed by atoms with Gasteiger partial charge in [0.25, 0.3) is 0 Å². The summed E-state index contributed by atoms with van der Waals surface area (Å²) in [7, 11) is 1.36. The molecule has 0 aromatic heterocycles. The standard InChI is InChI=1S/C7H18N2O5/c1-4(14-9-8)7(13-2)6(12)5(11)3-10/h4-7,9-12H,3,8H2,1-2H3/t4-,5+,6+,7+/m0/s1. The smallest absolute Gasteiger partial charge is 0.113 e. The van der Waals surface area contributed by atoms with Crippen LogP contribution >= 0.6 is 0 Å². The maximum atomic E-state index is 9.49. The Morgan fingerprint density at radius 3 is 2.36 bits per heavy atom. The SMILES string of the molecule is CO[C@@H]([C@H](O)[C@H](O)CO)[C@H](C)ONN. The van der Waals surface area contributed by atoms with Gasteiger partial charge in [-0.15, -0.1) is 5.59 Å². The fourth-order valence-corrected chi connectivity index (χ4v) is 1.11. The number of aliphatic hydroxyl groups excluding tert-OH is 3. The van der Waals surface area contributed by atoms with Gasteiger partial charge in [-0.1, -0.05) is 0 Å². The summed E-state index contributed by atoms with van der Waals surface area (Å²) in [6.45, 7) is 1.05. The molecule has 0 amide bonds. The Hall–Kier alpha value is -0.280. The van der Waals surface area contributed by atoms with E-state index in [1.165, 1.54) is 7.11 Å². The van der Waals surface area contributed by atoms with E-state index < -0.39 is 31.0 Å². The quantitative estimate of drug-likeness (QED) is 0.233. The van der Waals surface area contributed by atoms with Crippen LogP contribution < -0.4 is 11.4 Å². The van der Waals surface area contributed by atoms with E-state index in [4.69, 9.17) is 25.6 Å². The van der Waals surface area contributed by atoms with Gasteiger partial charge in [0.05, 0.1) is 6.61 Å². The zero-order valence-corrected chi connectivity index (χ0v) is 8.25. The van der Waals surface area contributed by atoms with Crippen LogP contribution in [-0.4, -0.2) is 53.5 Å². The van der Waals surface area contributed by atoms with E-state index in [2.05, 4.69) is 0 Å². The van der Waals surface area contributed by atoms with Crippen molar-refractivity contribution in [2.24, 2.45) is 5.84 Å². The zero-order chi connectivity index (χ0) is 11.1. The molecule has 0 rings (SSSR count). The van der Waals surface area contributed by atoms with Gasteiger partial charge in [0.1, 0.15) is 24.4 Å². The number of hydrogen-bond acceptors (Lipinski definition) is 7. The molecule has 0 fully saturated rings. The first-order chi connectivity index (χ1) is 6.58. The number of ether oxygens (including phenoxy) is 1. The van der Waals surface area contributed by atoms with E-state index in [0.717, 1.165) is 0 Å². The minimum atomic E-state index is -1.27. The van der Waals surface area contributed by atoms with E-state index in [9.17, 15) is 5.11 Å². The maximum Gasteiger partial charge on any atom is 0.113 e. The van der Waals surface area contributed by atoms with Crippen LogP contribution in [0.2, 0.25) is 0 Å². The summed E-state index contributed by atoms with van der Waals surface area (Å²) < 4.78 is 4.91. The highest BCUT2D eigenvalue weighted by atomic mass is 16.7. The molecule has 0 aliphatic heterocycles. The molecule has 0 bridgehead atoms. The largest absolute Gasteiger partial charge is 0.394 e. The predicted molar refractivity (Wildman–Crippen MR) is 47.8 cm³/mol. The van der Waals surface area contributed by atoms with E-state index in [1.54, 1.807) is 6.92 Å². The van der Waals surface area contributed by atoms with Gasteiger partial charge < -0.3 is 20.1 Å². The molecule has 0 spiro atoms. The van der Waals surface area contributed by atoms with E-state index in [1.807, 2.05) is 5.59 Å². The topological polar surface area (TPSA) is 117 Å². The number of nitrogens with one attached hydrogen (secondary N) is 1. The van der Waals surface area contributed by atoms with Gasteiger partial charge in [0.2, 0.25) is 0 Å². The predicted octanol–water partition coefficient (Wildman–Crippen LogP) is -2.50. The molecule has 0 radical (unpaired) electrons. The van der Waals surface area contributed by atoms with Crippen LogP contribution in [0.1, 0.15) is 6.92 Å². The van der Waals surface area contributed by atoms with E-state index >= 15 is 0 Å². The summed E-state index contributed by atoms with van der Waals surface area (Å²) >= 11 is 0. The molecule has 0 heterocycles. The van der Waals surface area contributed by atoms with Gasteiger partial charge >= 0.3 is 0 Å². The molecule has 0 saturated heterocycles. The Bertz CT molecular complexity index is 148. The summed E-state index contributed by atoms with van der Waals surface area (Å²) in [5.74, 6) is 4.91. The van der Waals surface area contributed by atoms with Crippen molar-refractivity contribution in [2.45, 2.75) is 31.3 Å². The summed E-state index contributed by atoms with van der Waals surface area (Å²) in [5, 5.41) is 27.3. The van der Waals surface area contributed by atoms with Crippen molar-refractivity contribution in [3.63, 3.8) is 0 Å². The second-order valence-electron chi connectivity index (χ2n) is 2.88. The summed E-state index contributed by atoms with van der Waals surface area (Å²) in [4.78, 5) is 4.76. The zero-order valence-electron chi connectivity index (χ0n) is 8.25. The first-order valence-electron chi connectivity index (χ1n) is 4.19. The fourth-order valence-electron chi connectivity index (χ4n) is 1.11. The second kappa shape index (κ2) is 7.07. The van der Waals surface area contributed by atoms with Gasteiger partial charge in [-0.2, -0.15) is 0 Å². The molecular weight excluding hydrogens is 192 g/mol. The first kappa shape index (κ1) is 13.7. The van der Waals surface area contributed by atoms with E-state index in [-0.39, 0.29) is 0 Å². The van der Waals surface area contributed by atoms with Gasteiger partial charge in [-0.3, -0.25) is 4.84 Å². The van der Waals surface area contributed by atoms with Crippen LogP contribution in [-0.2, 0) is 9.57 Å². The van der Waals surface area contributed by atoms with Crippen molar-refractivity contribution in [1.29, 1.82) is 0 Å². The highest BCUT2D eigenvalue weighted by Crippen LogP contribution is 2.10. The molecule has 7 heteroatoms. The molecule has 0 aliphatic rings. The van der Waals surface area contributed by atoms with Crippen molar-refractivity contribution in [3.05, 3.63) is 0 Å². The Kier molecular flexibility index (Phi) is 6.93. The Morgan fingerprint density at radius 2 is 2.00 bits per heavy atom. The highest BCUT2D eigenvalue weighted by Gasteiger charge is 2.31. The second-order valence-corrected chi connectivity index (χ2v) is 2.88. The van der Waals surface area contributed by atoms with Crippen LogP contribution in [0.15, 0.2) is 0 Å². The van der Waals surface area contributed by atoms with Crippen molar-refractivity contribution >= 4 is 0 Å². The lowest BCUT2D eigenvalue weighted by Crippen LogP contribution is -2.48. The molecule has 7 nitrogen and oxygen atoms in total. The summed E-state index contributed by atoms with van der Waals surface area (Å²) in [6.07, 6.45) is -3.87. The Balaban J connectivity index is 4.23. The summed E-state index contributed by atoms with van der Waals surface area (Å²) in [6, 6.07) is 0. The van der Waals surface area contributed by atoms with Gasteiger partial charge in [0.15, 0.2) is 0 Å². The van der Waals surface area contributed by atoms with Crippen molar-refractivity contribution in [1.82, 2.24) is 5.59 Å². The molecule has 0 aromatic rings. The molecule has 0 saturated carbocycles. The van der Waals surface area contributed by atoms with Crippen LogP contribution in [0, 0.1) is 0 Å². The minimum absolute atomic E-state index is 0.552. The molecule has 0 aliphatic carbocycles. The Morgan fingerprint density at radius 1 is 1.43 bits per heavy atom. The number of aliphatic hydroxyl groups is 3. The number of methoxy groups -OCH3 is 1. The number of rotatable bonds is 7. The average Bonchev–Trinajstić information content (AvgIpc) is 2.18. The van der Waals surface area contributed by atoms with Gasteiger partial charge in [0, 0.05) is 7.11 Å². The van der Waals surface area contributed by atoms with Crippen LogP contribution in [0.5, 0.6) is 0 Å². The normalized spacial score (nSPS) is 20.1. The monoisotopic (exact) mass is 210 g/mol. The van der Waals surface area contributed by atoms with Crippen LogP contribution in [0.4, 0.5) is 0 Å². The average molecular weight is 210 g/mol. The molecular formula is C7H18N2O5. The number of hydrazine groups is 1. The lowest BCUT2D eigenvalue weighted by Gasteiger charge is -2.28. The van der Waals surface area contributed by atoms with Gasteiger partial charge in [-0.25, -0.2) is 5.84 Å². The third-order valence-corrected chi connectivity index (χ3v) is 1.91. The molecule has 0 aromatic carbocycles. The van der Waals surface area contributed by atoms with Crippen molar-refractivity contribution in [3.8, 4) is 0 Å². The lowest BCUT2D eigenvalue weighted by molar-refractivity contribution is -0.157. The van der Waals surface area contributed by atoms with E-state index in [0.29, 0.717) is 0 Å². The number of hydrogen-bond donors (Lipinski definition) is 5. The van der Waals surface area contributed by atoms with Crippen molar-refractivity contribution < 1.29 is 24.9 Å². The van der Waals surface area contributed by atoms with Gasteiger partial charge in [-0.05, 0) is 6.92 Å². The van der Waals surface area contributed by atoms with Crippen molar-refractivity contribution in [2.75, 3.05) is 13.7 Å².